The molecule has 2 bridgehead atoms. The Morgan fingerprint density at radius 3 is 2.32 bits per heavy atom. The molecule has 2 heterocycles. The van der Waals surface area contributed by atoms with Crippen molar-refractivity contribution in [3.63, 3.8) is 0 Å². The van der Waals surface area contributed by atoms with E-state index in [2.05, 4.69) is 5.32 Å². The number of nitrogens with one attached hydrogen (secondary N) is 1. The molecule has 5 heteroatoms. The Hall–Kier alpha value is -0.320. The molecule has 1 saturated carbocycles. The standard InChI is InChI=1S/C14H24N2O2.ClH/c17-13-10-4-3-5-11(13)9-16(8-10)14(18)12-6-1-2-7-15-12;/h10-13,15,17H,1-9H2;1H/t10?,11?,12-,13?;/m0./s1. The summed E-state index contributed by atoms with van der Waals surface area (Å²) in [5.74, 6) is 0.925. The van der Waals surface area contributed by atoms with Crippen LogP contribution in [0.4, 0.5) is 0 Å². The number of likely N-dealkylation sites (tertiary alicyclic amines) is 1. The Kier molecular flexibility index (Phi) is 5.09. The van der Waals surface area contributed by atoms with E-state index in [1.807, 2.05) is 4.90 Å². The first-order chi connectivity index (χ1) is 8.75. The lowest BCUT2D eigenvalue weighted by molar-refractivity contribution is -0.142. The Labute approximate surface area is 121 Å². The number of nitrogens with zero attached hydrogens (tertiary/aromatic N) is 1. The van der Waals surface area contributed by atoms with E-state index in [1.54, 1.807) is 0 Å². The second kappa shape index (κ2) is 6.42. The van der Waals surface area contributed by atoms with Crippen LogP contribution in [-0.2, 0) is 4.79 Å². The number of carbonyl (C=O) groups is 1. The zero-order valence-corrected chi connectivity index (χ0v) is 12.2. The highest BCUT2D eigenvalue weighted by atomic mass is 35.5. The van der Waals surface area contributed by atoms with Gasteiger partial charge in [0.15, 0.2) is 0 Å². The molecule has 2 aliphatic heterocycles. The topological polar surface area (TPSA) is 52.6 Å². The fraction of sp³-hybridized carbons (Fsp3) is 0.929. The summed E-state index contributed by atoms with van der Waals surface area (Å²) in [6.45, 7) is 2.52. The van der Waals surface area contributed by atoms with Gasteiger partial charge in [-0.1, -0.05) is 12.8 Å². The maximum atomic E-state index is 12.5. The van der Waals surface area contributed by atoms with Crippen LogP contribution in [0.1, 0.15) is 38.5 Å². The first-order valence-corrected chi connectivity index (χ1v) is 7.46. The van der Waals surface area contributed by atoms with Crippen LogP contribution in [0, 0.1) is 11.8 Å². The van der Waals surface area contributed by atoms with Crippen molar-refractivity contribution in [3.8, 4) is 0 Å². The van der Waals surface area contributed by atoms with Crippen LogP contribution in [0.3, 0.4) is 0 Å². The maximum Gasteiger partial charge on any atom is 0.239 e. The van der Waals surface area contributed by atoms with Crippen molar-refractivity contribution in [2.75, 3.05) is 19.6 Å². The van der Waals surface area contributed by atoms with Gasteiger partial charge in [0.05, 0.1) is 12.1 Å². The average Bonchev–Trinajstić information content (AvgIpc) is 2.38. The SMILES string of the molecule is Cl.O=C([C@@H]1CCCCN1)N1CC2CCCC(C1)C2O. The van der Waals surface area contributed by atoms with E-state index >= 15 is 0 Å². The molecule has 19 heavy (non-hydrogen) atoms. The van der Waals surface area contributed by atoms with Crippen LogP contribution in [0.25, 0.3) is 0 Å². The summed E-state index contributed by atoms with van der Waals surface area (Å²) in [6, 6.07) is 0.0368. The third-order valence-electron chi connectivity index (χ3n) is 4.95. The van der Waals surface area contributed by atoms with E-state index < -0.39 is 0 Å². The minimum atomic E-state index is -0.165. The molecule has 0 spiro atoms. The molecular weight excluding hydrogens is 264 g/mol. The van der Waals surface area contributed by atoms with Gasteiger partial charge in [-0.2, -0.15) is 0 Å². The van der Waals surface area contributed by atoms with Crippen LogP contribution >= 0.6 is 12.4 Å². The number of hydrogen-bond acceptors (Lipinski definition) is 3. The molecule has 4 nitrogen and oxygen atoms in total. The predicted molar refractivity (Wildman–Crippen MR) is 76.3 cm³/mol. The molecule has 3 atom stereocenters. The Morgan fingerprint density at radius 1 is 1.05 bits per heavy atom. The number of aliphatic hydroxyl groups is 1. The lowest BCUT2D eigenvalue weighted by Crippen LogP contribution is -2.57. The van der Waals surface area contributed by atoms with E-state index in [0.29, 0.717) is 11.8 Å². The summed E-state index contributed by atoms with van der Waals surface area (Å²) in [7, 11) is 0. The smallest absolute Gasteiger partial charge is 0.239 e. The molecule has 0 aromatic carbocycles. The van der Waals surface area contributed by atoms with E-state index in [0.717, 1.165) is 45.3 Å². The van der Waals surface area contributed by atoms with Gasteiger partial charge in [-0.3, -0.25) is 4.79 Å². The fourth-order valence-corrected chi connectivity index (χ4v) is 3.87. The van der Waals surface area contributed by atoms with E-state index in [1.165, 1.54) is 12.8 Å². The Morgan fingerprint density at radius 2 is 1.74 bits per heavy atom. The monoisotopic (exact) mass is 288 g/mol. The van der Waals surface area contributed by atoms with Crippen LogP contribution in [-0.4, -0.2) is 47.7 Å². The van der Waals surface area contributed by atoms with Gasteiger partial charge < -0.3 is 15.3 Å². The highest BCUT2D eigenvalue weighted by Crippen LogP contribution is 2.35. The number of hydrogen-bond donors (Lipinski definition) is 2. The first kappa shape index (κ1) is 15.1. The third kappa shape index (κ3) is 3.06. The molecule has 1 amide bonds. The summed E-state index contributed by atoms with van der Waals surface area (Å²) in [5, 5.41) is 13.5. The van der Waals surface area contributed by atoms with Crippen molar-refractivity contribution in [2.45, 2.75) is 50.7 Å². The van der Waals surface area contributed by atoms with E-state index in [9.17, 15) is 9.90 Å². The minimum absolute atomic E-state index is 0. The number of piperidine rings is 2. The molecule has 3 rings (SSSR count). The molecule has 3 aliphatic rings. The normalized spacial score (nSPS) is 38.5. The molecule has 3 fully saturated rings. The van der Waals surface area contributed by atoms with Crippen LogP contribution in [0.2, 0.25) is 0 Å². The third-order valence-corrected chi connectivity index (χ3v) is 4.95. The second-order valence-electron chi connectivity index (χ2n) is 6.19. The molecule has 2 saturated heterocycles. The first-order valence-electron chi connectivity index (χ1n) is 7.46. The van der Waals surface area contributed by atoms with Crippen molar-refractivity contribution >= 4 is 18.3 Å². The van der Waals surface area contributed by atoms with Crippen molar-refractivity contribution < 1.29 is 9.90 Å². The van der Waals surface area contributed by atoms with Gasteiger partial charge in [0, 0.05) is 24.9 Å². The molecule has 0 aromatic rings. The van der Waals surface area contributed by atoms with Gasteiger partial charge in [0.2, 0.25) is 5.91 Å². The minimum Gasteiger partial charge on any atom is -0.392 e. The highest BCUT2D eigenvalue weighted by molar-refractivity contribution is 5.85. The number of halogens is 1. The predicted octanol–water partition coefficient (Wildman–Crippen LogP) is 1.17. The molecule has 0 aromatic heterocycles. The molecule has 110 valence electrons. The van der Waals surface area contributed by atoms with Gasteiger partial charge in [-0.25, -0.2) is 0 Å². The van der Waals surface area contributed by atoms with Crippen LogP contribution < -0.4 is 5.32 Å². The van der Waals surface area contributed by atoms with Crippen molar-refractivity contribution in [3.05, 3.63) is 0 Å². The van der Waals surface area contributed by atoms with Gasteiger partial charge in [-0.05, 0) is 32.2 Å². The molecule has 0 radical (unpaired) electrons. The summed E-state index contributed by atoms with van der Waals surface area (Å²) >= 11 is 0. The number of aliphatic hydroxyl groups excluding tert-OH is 1. The number of rotatable bonds is 1. The number of carbonyl (C=O) groups excluding carboxylic acids is 1. The molecular formula is C14H25ClN2O2. The van der Waals surface area contributed by atoms with Crippen molar-refractivity contribution in [1.82, 2.24) is 10.2 Å². The highest BCUT2D eigenvalue weighted by Gasteiger charge is 2.41. The van der Waals surface area contributed by atoms with Gasteiger partial charge in [-0.15, -0.1) is 12.4 Å². The molecule has 1 aliphatic carbocycles. The number of fused-ring (bicyclic) bond motifs is 2. The number of amides is 1. The van der Waals surface area contributed by atoms with Gasteiger partial charge in [0.25, 0.3) is 0 Å². The average molecular weight is 289 g/mol. The lowest BCUT2D eigenvalue weighted by atomic mass is 9.75. The second-order valence-corrected chi connectivity index (χ2v) is 6.19. The largest absolute Gasteiger partial charge is 0.392 e. The van der Waals surface area contributed by atoms with E-state index in [4.69, 9.17) is 0 Å². The fourth-order valence-electron chi connectivity index (χ4n) is 3.87. The summed E-state index contributed by atoms with van der Waals surface area (Å²) in [4.78, 5) is 14.5. The Balaban J connectivity index is 0.00000133. The molecule has 2 N–H and O–H groups in total. The maximum absolute atomic E-state index is 12.5. The zero-order chi connectivity index (χ0) is 12.5. The summed E-state index contributed by atoms with van der Waals surface area (Å²) in [5.41, 5.74) is 0. The summed E-state index contributed by atoms with van der Waals surface area (Å²) in [6.07, 6.45) is 6.55. The lowest BCUT2D eigenvalue weighted by Gasteiger charge is -2.46. The van der Waals surface area contributed by atoms with Crippen LogP contribution in [0.5, 0.6) is 0 Å². The summed E-state index contributed by atoms with van der Waals surface area (Å²) < 4.78 is 0. The van der Waals surface area contributed by atoms with E-state index in [-0.39, 0.29) is 30.5 Å². The van der Waals surface area contributed by atoms with Crippen LogP contribution in [0.15, 0.2) is 0 Å². The van der Waals surface area contributed by atoms with Crippen molar-refractivity contribution in [2.24, 2.45) is 11.8 Å². The van der Waals surface area contributed by atoms with Crippen molar-refractivity contribution in [1.29, 1.82) is 0 Å². The quantitative estimate of drug-likeness (QED) is 0.762. The zero-order valence-electron chi connectivity index (χ0n) is 11.4. The Bertz CT molecular complexity index is 307. The molecule has 2 unspecified atom stereocenters. The van der Waals surface area contributed by atoms with Gasteiger partial charge in [0.1, 0.15) is 0 Å². The van der Waals surface area contributed by atoms with Gasteiger partial charge >= 0.3 is 0 Å².